The number of hydrogen-bond acceptors (Lipinski definition) is 2. The highest BCUT2D eigenvalue weighted by Gasteiger charge is 2.57. The van der Waals surface area contributed by atoms with Crippen molar-refractivity contribution < 1.29 is 9.53 Å². The molecule has 5 unspecified atom stereocenters. The third-order valence-electron chi connectivity index (χ3n) is 6.16. The van der Waals surface area contributed by atoms with Gasteiger partial charge in [-0.15, -0.1) is 0 Å². The van der Waals surface area contributed by atoms with E-state index in [1.807, 2.05) is 30.3 Å². The Bertz CT molecular complexity index is 495. The van der Waals surface area contributed by atoms with Gasteiger partial charge in [0.25, 0.3) is 0 Å². The second-order valence-electron chi connectivity index (χ2n) is 6.80. The molecule has 2 nitrogen and oxygen atoms in total. The van der Waals surface area contributed by atoms with Crippen LogP contribution in [0.5, 0.6) is 0 Å². The van der Waals surface area contributed by atoms with Crippen molar-refractivity contribution in [1.82, 2.24) is 0 Å². The van der Waals surface area contributed by atoms with E-state index in [9.17, 15) is 4.79 Å². The lowest BCUT2D eigenvalue weighted by atomic mass is 9.69. The first-order valence-electron chi connectivity index (χ1n) is 7.80. The third kappa shape index (κ3) is 1.97. The Kier molecular flexibility index (Phi) is 3.35. The molecule has 2 aliphatic rings. The van der Waals surface area contributed by atoms with Gasteiger partial charge in [0.2, 0.25) is 0 Å². The molecule has 2 fully saturated rings. The van der Waals surface area contributed by atoms with Crippen molar-refractivity contribution in [1.29, 1.82) is 0 Å². The van der Waals surface area contributed by atoms with Gasteiger partial charge in [-0.1, -0.05) is 32.0 Å². The molecule has 0 spiro atoms. The summed E-state index contributed by atoms with van der Waals surface area (Å²) in [7, 11) is 0. The van der Waals surface area contributed by atoms with Crippen LogP contribution in [0.3, 0.4) is 0 Å². The lowest BCUT2D eigenvalue weighted by Crippen LogP contribution is -2.39. The fourth-order valence-electron chi connectivity index (χ4n) is 4.60. The van der Waals surface area contributed by atoms with Gasteiger partial charge in [-0.3, -0.25) is 0 Å². The molecule has 0 aromatic heterocycles. The quantitative estimate of drug-likeness (QED) is 0.767. The maximum atomic E-state index is 12.2. The Labute approximate surface area is 121 Å². The monoisotopic (exact) mass is 272 g/mol. The molecule has 2 aliphatic carbocycles. The second kappa shape index (κ2) is 4.91. The van der Waals surface area contributed by atoms with E-state index >= 15 is 0 Å². The molecular weight excluding hydrogens is 248 g/mol. The number of benzene rings is 1. The Morgan fingerprint density at radius 3 is 2.60 bits per heavy atom. The van der Waals surface area contributed by atoms with Crippen molar-refractivity contribution >= 4 is 5.97 Å². The number of carbonyl (C=O) groups is 1. The average Bonchev–Trinajstić information content (AvgIpc) is 3.01. The molecule has 0 amide bonds. The Hall–Kier alpha value is -1.31. The lowest BCUT2D eigenvalue weighted by molar-refractivity contribution is -0.0303. The maximum Gasteiger partial charge on any atom is 0.338 e. The predicted octanol–water partition coefficient (Wildman–Crippen LogP) is 4.30. The highest BCUT2D eigenvalue weighted by atomic mass is 16.5. The molecule has 108 valence electrons. The minimum Gasteiger partial charge on any atom is -0.458 e. The molecule has 20 heavy (non-hydrogen) atoms. The Morgan fingerprint density at radius 1 is 1.30 bits per heavy atom. The standard InChI is InChI=1S/C18H24O2/c1-12-13(2)18(10-9-16(12)11-18)14(3)20-17(19)15-7-5-4-6-8-15/h4-8,12-14,16H,9-11H2,1-3H3. The summed E-state index contributed by atoms with van der Waals surface area (Å²) in [6.45, 7) is 6.80. The van der Waals surface area contributed by atoms with E-state index < -0.39 is 0 Å². The molecule has 1 aromatic carbocycles. The van der Waals surface area contributed by atoms with Crippen molar-refractivity contribution in [2.45, 2.75) is 46.1 Å². The number of esters is 1. The highest BCUT2D eigenvalue weighted by molar-refractivity contribution is 5.89. The van der Waals surface area contributed by atoms with Crippen LogP contribution in [0.25, 0.3) is 0 Å². The zero-order valence-corrected chi connectivity index (χ0v) is 12.6. The van der Waals surface area contributed by atoms with Crippen LogP contribution < -0.4 is 0 Å². The van der Waals surface area contributed by atoms with E-state index in [0.29, 0.717) is 11.5 Å². The minimum atomic E-state index is -0.178. The molecule has 1 aromatic rings. The summed E-state index contributed by atoms with van der Waals surface area (Å²) in [5, 5.41) is 0. The largest absolute Gasteiger partial charge is 0.458 e. The molecule has 5 atom stereocenters. The Balaban J connectivity index is 1.74. The summed E-state index contributed by atoms with van der Waals surface area (Å²) in [5.41, 5.74) is 0.873. The zero-order chi connectivity index (χ0) is 14.3. The van der Waals surface area contributed by atoms with Crippen LogP contribution in [-0.4, -0.2) is 12.1 Å². The van der Waals surface area contributed by atoms with E-state index in [4.69, 9.17) is 4.74 Å². The minimum absolute atomic E-state index is 0.0140. The third-order valence-corrected chi connectivity index (χ3v) is 6.16. The summed E-state index contributed by atoms with van der Waals surface area (Å²) in [4.78, 5) is 12.2. The summed E-state index contributed by atoms with van der Waals surface area (Å²) >= 11 is 0. The number of ether oxygens (including phenoxy) is 1. The van der Waals surface area contributed by atoms with Crippen LogP contribution in [0.2, 0.25) is 0 Å². The molecule has 0 heterocycles. The van der Waals surface area contributed by atoms with Crippen molar-refractivity contribution in [3.05, 3.63) is 35.9 Å². The first-order valence-corrected chi connectivity index (χ1v) is 7.80. The van der Waals surface area contributed by atoms with E-state index in [0.717, 1.165) is 11.8 Å². The van der Waals surface area contributed by atoms with E-state index in [-0.39, 0.29) is 17.5 Å². The highest BCUT2D eigenvalue weighted by Crippen LogP contribution is 2.62. The van der Waals surface area contributed by atoms with Crippen LogP contribution in [0.4, 0.5) is 0 Å². The normalized spacial score (nSPS) is 36.9. The number of carbonyl (C=O) groups excluding carboxylic acids is 1. The van der Waals surface area contributed by atoms with Gasteiger partial charge in [0, 0.05) is 5.41 Å². The smallest absolute Gasteiger partial charge is 0.338 e. The van der Waals surface area contributed by atoms with Gasteiger partial charge >= 0.3 is 5.97 Å². The van der Waals surface area contributed by atoms with Gasteiger partial charge < -0.3 is 4.74 Å². The topological polar surface area (TPSA) is 26.3 Å². The SMILES string of the molecule is CC1C2CCC(C(C)OC(=O)c3ccccc3)(C2)C1C. The van der Waals surface area contributed by atoms with Crippen LogP contribution in [0, 0.1) is 23.2 Å². The maximum absolute atomic E-state index is 12.2. The van der Waals surface area contributed by atoms with Crippen molar-refractivity contribution in [2.75, 3.05) is 0 Å². The van der Waals surface area contributed by atoms with E-state index in [1.54, 1.807) is 0 Å². The van der Waals surface area contributed by atoms with Crippen molar-refractivity contribution in [3.63, 3.8) is 0 Å². The van der Waals surface area contributed by atoms with Crippen molar-refractivity contribution in [3.8, 4) is 0 Å². The number of fused-ring (bicyclic) bond motifs is 2. The molecule has 0 N–H and O–H groups in total. The summed E-state index contributed by atoms with van der Waals surface area (Å²) in [6, 6.07) is 9.33. The van der Waals surface area contributed by atoms with Crippen LogP contribution in [-0.2, 0) is 4.74 Å². The Morgan fingerprint density at radius 2 is 2.00 bits per heavy atom. The van der Waals surface area contributed by atoms with Crippen LogP contribution in [0.15, 0.2) is 30.3 Å². The second-order valence-corrected chi connectivity index (χ2v) is 6.80. The molecule has 3 rings (SSSR count). The zero-order valence-electron chi connectivity index (χ0n) is 12.6. The molecule has 0 saturated heterocycles. The van der Waals surface area contributed by atoms with Crippen LogP contribution >= 0.6 is 0 Å². The van der Waals surface area contributed by atoms with Gasteiger partial charge in [-0.2, -0.15) is 0 Å². The summed E-state index contributed by atoms with van der Waals surface area (Å²) < 4.78 is 5.82. The van der Waals surface area contributed by atoms with Crippen LogP contribution in [0.1, 0.15) is 50.4 Å². The molecule has 0 radical (unpaired) electrons. The summed E-state index contributed by atoms with van der Waals surface area (Å²) in [5.74, 6) is 2.08. The first-order chi connectivity index (χ1) is 9.54. The lowest BCUT2D eigenvalue weighted by Gasteiger charge is -2.40. The van der Waals surface area contributed by atoms with Gasteiger partial charge in [0.05, 0.1) is 5.56 Å². The van der Waals surface area contributed by atoms with Gasteiger partial charge in [-0.25, -0.2) is 4.79 Å². The molecule has 2 heteroatoms. The van der Waals surface area contributed by atoms with Crippen molar-refractivity contribution in [2.24, 2.45) is 23.2 Å². The number of hydrogen-bond donors (Lipinski definition) is 0. The summed E-state index contributed by atoms with van der Waals surface area (Å²) in [6.07, 6.45) is 3.77. The van der Waals surface area contributed by atoms with E-state index in [2.05, 4.69) is 20.8 Å². The first kappa shape index (κ1) is 13.7. The fourth-order valence-corrected chi connectivity index (χ4v) is 4.60. The molecule has 0 aliphatic heterocycles. The molecule has 2 bridgehead atoms. The van der Waals surface area contributed by atoms with Gasteiger partial charge in [0.1, 0.15) is 6.10 Å². The van der Waals surface area contributed by atoms with Gasteiger partial charge in [-0.05, 0) is 56.1 Å². The predicted molar refractivity (Wildman–Crippen MR) is 79.4 cm³/mol. The molecular formula is C18H24O2. The number of rotatable bonds is 3. The van der Waals surface area contributed by atoms with E-state index in [1.165, 1.54) is 19.3 Å². The van der Waals surface area contributed by atoms with Gasteiger partial charge in [0.15, 0.2) is 0 Å². The fraction of sp³-hybridized carbons (Fsp3) is 0.611. The molecule has 2 saturated carbocycles. The average molecular weight is 272 g/mol.